The van der Waals surface area contributed by atoms with Gasteiger partial charge in [-0.3, -0.25) is 14.6 Å². The van der Waals surface area contributed by atoms with Crippen LogP contribution in [0.5, 0.6) is 0 Å². The van der Waals surface area contributed by atoms with Gasteiger partial charge in [-0.25, -0.2) is 17.8 Å². The van der Waals surface area contributed by atoms with E-state index in [4.69, 9.17) is 11.6 Å². The van der Waals surface area contributed by atoms with Crippen molar-refractivity contribution >= 4 is 44.5 Å². The summed E-state index contributed by atoms with van der Waals surface area (Å²) < 4.78 is 42.3. The van der Waals surface area contributed by atoms with Crippen LogP contribution >= 0.6 is 22.9 Å². The summed E-state index contributed by atoms with van der Waals surface area (Å²) in [4.78, 5) is 12.1. The number of hydrogen-bond donors (Lipinski definition) is 1. The minimum atomic E-state index is -4.14. The van der Waals surface area contributed by atoms with Crippen LogP contribution < -0.4 is 9.62 Å². The molecule has 4 rings (SSSR count). The summed E-state index contributed by atoms with van der Waals surface area (Å²) in [6, 6.07) is 8.43. The third kappa shape index (κ3) is 5.03. The Labute approximate surface area is 195 Å². The van der Waals surface area contributed by atoms with Crippen LogP contribution in [-0.4, -0.2) is 49.5 Å². The quantitative estimate of drug-likeness (QED) is 0.530. The molecule has 0 radical (unpaired) electrons. The number of pyridine rings is 1. The molecule has 3 heterocycles. The third-order valence-corrected chi connectivity index (χ3v) is 7.73. The van der Waals surface area contributed by atoms with E-state index in [0.717, 1.165) is 43.5 Å². The molecule has 1 fully saturated rings. The lowest BCUT2D eigenvalue weighted by molar-refractivity contribution is 0.321. The standard InChI is InChI=1S/C21H23ClFN5O2S2/c1-14-4-3-5-15(25-14)10-28-7-6-16(11-28)27(2)19-9-18(23)20(8-17(19)22)32(29,30)26-21-12-31-13-24-21/h3-5,8-9,12-13,16,26H,6-7,10-11H2,1-2H3. The fraction of sp³-hybridized carbons (Fsp3) is 0.333. The molecule has 0 amide bonds. The summed E-state index contributed by atoms with van der Waals surface area (Å²) in [5, 5.41) is 1.70. The van der Waals surface area contributed by atoms with Crippen molar-refractivity contribution in [2.75, 3.05) is 29.8 Å². The summed E-state index contributed by atoms with van der Waals surface area (Å²) in [6.07, 6.45) is 0.881. The van der Waals surface area contributed by atoms with E-state index >= 15 is 0 Å². The van der Waals surface area contributed by atoms with Crippen molar-refractivity contribution in [3.63, 3.8) is 0 Å². The first-order chi connectivity index (χ1) is 15.2. The number of nitrogens with one attached hydrogen (secondary N) is 1. The number of thiazole rings is 1. The van der Waals surface area contributed by atoms with Gasteiger partial charge in [0.2, 0.25) is 0 Å². The molecule has 1 unspecified atom stereocenters. The van der Waals surface area contributed by atoms with Gasteiger partial charge >= 0.3 is 0 Å². The van der Waals surface area contributed by atoms with E-state index in [9.17, 15) is 12.8 Å². The molecular formula is C21H23ClFN5O2S2. The molecule has 0 bridgehead atoms. The zero-order valence-electron chi connectivity index (χ0n) is 17.6. The number of rotatable bonds is 7. The van der Waals surface area contributed by atoms with E-state index in [1.807, 2.05) is 37.1 Å². The Morgan fingerprint density at radius 1 is 1.38 bits per heavy atom. The molecule has 3 aromatic rings. The Kier molecular flexibility index (Phi) is 6.66. The van der Waals surface area contributed by atoms with Crippen LogP contribution in [-0.2, 0) is 16.6 Å². The number of likely N-dealkylation sites (N-methyl/N-ethyl adjacent to an activating group) is 1. The van der Waals surface area contributed by atoms with E-state index < -0.39 is 20.7 Å². The molecule has 1 aliphatic rings. The van der Waals surface area contributed by atoms with Crippen molar-refractivity contribution in [3.8, 4) is 0 Å². The van der Waals surface area contributed by atoms with Gasteiger partial charge in [0, 0.05) is 49.9 Å². The number of hydrogen-bond acceptors (Lipinski definition) is 7. The number of aryl methyl sites for hydroxylation is 1. The number of sulfonamides is 1. The van der Waals surface area contributed by atoms with Crippen LogP contribution in [0.25, 0.3) is 0 Å². The van der Waals surface area contributed by atoms with Crippen LogP contribution in [0, 0.1) is 12.7 Å². The predicted octanol–water partition coefficient (Wildman–Crippen LogP) is 4.15. The second-order valence-electron chi connectivity index (χ2n) is 7.77. The predicted molar refractivity (Wildman–Crippen MR) is 125 cm³/mol. The maximum absolute atomic E-state index is 14.9. The highest BCUT2D eigenvalue weighted by molar-refractivity contribution is 7.92. The molecule has 2 aromatic heterocycles. The average molecular weight is 496 g/mol. The lowest BCUT2D eigenvalue weighted by Crippen LogP contribution is -2.34. The SMILES string of the molecule is Cc1cccc(CN2CCC(N(C)c3cc(F)c(S(=O)(=O)Nc4cscn4)cc3Cl)C2)n1. The Bertz CT molecular complexity index is 1210. The molecule has 32 heavy (non-hydrogen) atoms. The number of anilines is 2. The lowest BCUT2D eigenvalue weighted by Gasteiger charge is -2.28. The highest BCUT2D eigenvalue weighted by atomic mass is 35.5. The minimum absolute atomic E-state index is 0.118. The first-order valence-corrected chi connectivity index (χ1v) is 12.8. The Hall–Kier alpha value is -2.27. The van der Waals surface area contributed by atoms with Gasteiger partial charge in [-0.05, 0) is 31.5 Å². The third-order valence-electron chi connectivity index (χ3n) is 5.47. The van der Waals surface area contributed by atoms with E-state index in [1.165, 1.54) is 28.3 Å². The minimum Gasteiger partial charge on any atom is -0.369 e. The fourth-order valence-corrected chi connectivity index (χ4v) is 5.84. The number of aromatic nitrogens is 2. The Balaban J connectivity index is 1.48. The summed E-state index contributed by atoms with van der Waals surface area (Å²) in [5.74, 6) is -0.723. The number of nitrogens with zero attached hydrogens (tertiary/aromatic N) is 4. The highest BCUT2D eigenvalue weighted by Crippen LogP contribution is 2.33. The normalized spacial score (nSPS) is 16.9. The van der Waals surface area contributed by atoms with Crippen LogP contribution in [0.4, 0.5) is 15.9 Å². The summed E-state index contributed by atoms with van der Waals surface area (Å²) in [7, 11) is -2.30. The van der Waals surface area contributed by atoms with Gasteiger partial charge in [0.25, 0.3) is 10.0 Å². The van der Waals surface area contributed by atoms with E-state index in [1.54, 1.807) is 0 Å². The maximum Gasteiger partial charge on any atom is 0.266 e. The number of benzene rings is 1. The molecule has 170 valence electrons. The zero-order chi connectivity index (χ0) is 22.9. The molecule has 1 atom stereocenters. The van der Waals surface area contributed by atoms with E-state index in [0.29, 0.717) is 5.69 Å². The lowest BCUT2D eigenvalue weighted by atomic mass is 10.2. The summed E-state index contributed by atoms with van der Waals surface area (Å²) in [6.45, 7) is 4.37. The van der Waals surface area contributed by atoms with Crippen molar-refractivity contribution in [2.45, 2.75) is 30.8 Å². The highest BCUT2D eigenvalue weighted by Gasteiger charge is 2.29. The molecule has 1 saturated heterocycles. The molecule has 7 nitrogen and oxygen atoms in total. The first kappa shape index (κ1) is 22.9. The van der Waals surface area contributed by atoms with Crippen molar-refractivity contribution in [1.29, 1.82) is 0 Å². The second kappa shape index (κ2) is 9.30. The summed E-state index contributed by atoms with van der Waals surface area (Å²) >= 11 is 7.64. The molecule has 0 saturated carbocycles. The molecule has 11 heteroatoms. The monoisotopic (exact) mass is 495 g/mol. The molecular weight excluding hydrogens is 473 g/mol. The van der Waals surface area contributed by atoms with Gasteiger partial charge in [0.15, 0.2) is 5.82 Å². The van der Waals surface area contributed by atoms with Crippen molar-refractivity contribution in [3.05, 3.63) is 63.5 Å². The topological polar surface area (TPSA) is 78.4 Å². The van der Waals surface area contributed by atoms with Gasteiger partial charge in [-0.15, -0.1) is 11.3 Å². The van der Waals surface area contributed by atoms with E-state index in [2.05, 4.69) is 19.6 Å². The summed E-state index contributed by atoms with van der Waals surface area (Å²) in [5.41, 5.74) is 3.94. The van der Waals surface area contributed by atoms with Crippen LogP contribution in [0.3, 0.4) is 0 Å². The van der Waals surface area contributed by atoms with Gasteiger partial charge in [0.1, 0.15) is 10.7 Å². The smallest absolute Gasteiger partial charge is 0.266 e. The molecule has 1 N–H and O–H groups in total. The first-order valence-electron chi connectivity index (χ1n) is 10.0. The molecule has 0 aliphatic carbocycles. The Morgan fingerprint density at radius 2 is 2.19 bits per heavy atom. The van der Waals surface area contributed by atoms with Crippen molar-refractivity contribution in [2.24, 2.45) is 0 Å². The maximum atomic E-state index is 14.9. The Morgan fingerprint density at radius 3 is 2.91 bits per heavy atom. The second-order valence-corrected chi connectivity index (χ2v) is 10.5. The van der Waals surface area contributed by atoms with E-state index in [-0.39, 0.29) is 16.9 Å². The number of halogens is 2. The largest absolute Gasteiger partial charge is 0.369 e. The fourth-order valence-electron chi connectivity index (χ4n) is 3.84. The van der Waals surface area contributed by atoms with Gasteiger partial charge in [-0.1, -0.05) is 17.7 Å². The zero-order valence-corrected chi connectivity index (χ0v) is 20.0. The van der Waals surface area contributed by atoms with Crippen LogP contribution in [0.2, 0.25) is 5.02 Å². The van der Waals surface area contributed by atoms with Gasteiger partial charge in [0.05, 0.1) is 21.9 Å². The molecule has 0 spiro atoms. The van der Waals surface area contributed by atoms with Crippen molar-refractivity contribution in [1.82, 2.24) is 14.9 Å². The number of likely N-dealkylation sites (tertiary alicyclic amines) is 1. The van der Waals surface area contributed by atoms with Crippen LogP contribution in [0.1, 0.15) is 17.8 Å². The van der Waals surface area contributed by atoms with Gasteiger partial charge in [-0.2, -0.15) is 0 Å². The van der Waals surface area contributed by atoms with Gasteiger partial charge < -0.3 is 4.90 Å². The average Bonchev–Trinajstić information content (AvgIpc) is 3.40. The van der Waals surface area contributed by atoms with Crippen molar-refractivity contribution < 1.29 is 12.8 Å². The van der Waals surface area contributed by atoms with Crippen LogP contribution in [0.15, 0.2) is 46.1 Å². The molecule has 1 aliphatic heterocycles. The molecule has 1 aromatic carbocycles.